The Labute approximate surface area is 254 Å². The molecule has 0 aromatic carbocycles. The molecular weight excluding hydrogens is 551 g/mol. The zero-order valence-corrected chi connectivity index (χ0v) is 26.1. The Morgan fingerprint density at radius 1 is 1.21 bits per heavy atom. The number of ether oxygens (including phenoxy) is 1. The molecule has 0 saturated heterocycles. The minimum absolute atomic E-state index is 0.256. The van der Waals surface area contributed by atoms with E-state index in [2.05, 4.69) is 23.4 Å². The predicted octanol–water partition coefficient (Wildman–Crippen LogP) is 5.94. The number of rotatable bonds is 19. The van der Waals surface area contributed by atoms with Crippen LogP contribution in [0.1, 0.15) is 78.5 Å². The van der Waals surface area contributed by atoms with Crippen LogP contribution in [-0.4, -0.2) is 48.5 Å². The fourth-order valence-corrected chi connectivity index (χ4v) is 4.07. The third kappa shape index (κ3) is 12.2. The van der Waals surface area contributed by atoms with Crippen molar-refractivity contribution in [1.82, 2.24) is 9.88 Å². The first-order valence-corrected chi connectivity index (χ1v) is 14.3. The van der Waals surface area contributed by atoms with Crippen molar-refractivity contribution >= 4 is 37.1 Å². The molecule has 234 valence electrons. The molecule has 0 aliphatic carbocycles. The fraction of sp³-hybridized carbons (Fsp3) is 0.424. The number of allylic oxidation sites excluding steroid dienone is 6. The minimum Gasteiger partial charge on any atom is -0.469 e. The third-order valence-corrected chi connectivity index (χ3v) is 6.49. The lowest BCUT2D eigenvalue weighted by molar-refractivity contribution is -0.140. The number of amides is 1. The molecule has 1 atom stereocenters. The van der Waals surface area contributed by atoms with Crippen molar-refractivity contribution in [3.8, 4) is 0 Å². The quantitative estimate of drug-likeness (QED) is 0.0372. The number of methoxy groups -OCH3 is 1. The van der Waals surface area contributed by atoms with Gasteiger partial charge < -0.3 is 14.0 Å². The summed E-state index contributed by atoms with van der Waals surface area (Å²) in [5, 5.41) is 4.41. The number of esters is 1. The van der Waals surface area contributed by atoms with Crippen molar-refractivity contribution < 1.29 is 28.0 Å². The molecule has 1 unspecified atom stereocenters. The smallest absolute Gasteiger partial charge is 0.305 e. The lowest BCUT2D eigenvalue weighted by Gasteiger charge is -2.23. The number of amidine groups is 1. The van der Waals surface area contributed by atoms with Crippen LogP contribution in [0.2, 0.25) is 0 Å². The van der Waals surface area contributed by atoms with Crippen LogP contribution in [0, 0.1) is 0 Å². The molecule has 0 N–H and O–H groups in total. The van der Waals surface area contributed by atoms with E-state index in [1.54, 1.807) is 0 Å². The summed E-state index contributed by atoms with van der Waals surface area (Å²) in [7, 11) is 1.34. The van der Waals surface area contributed by atoms with Crippen LogP contribution in [0.3, 0.4) is 0 Å². The number of hydrogen-bond acceptors (Lipinski definition) is 8. The average Bonchev–Trinajstić information content (AvgIpc) is 3.46. The van der Waals surface area contributed by atoms with Gasteiger partial charge in [0.2, 0.25) is 17.9 Å². The van der Waals surface area contributed by atoms with E-state index in [0.29, 0.717) is 67.7 Å². The minimum atomic E-state index is -0.962. The number of oxazole rings is 1. The largest absolute Gasteiger partial charge is 0.469 e. The molecule has 1 aromatic rings. The van der Waals surface area contributed by atoms with Crippen LogP contribution in [0.5, 0.6) is 0 Å². The Hall–Kier alpha value is -4.34. The number of hydrogen-bond donors (Lipinski definition) is 0. The van der Waals surface area contributed by atoms with Gasteiger partial charge >= 0.3 is 5.97 Å². The van der Waals surface area contributed by atoms with Gasteiger partial charge in [-0.1, -0.05) is 43.4 Å². The second-order valence-corrected chi connectivity index (χ2v) is 9.52. The summed E-state index contributed by atoms with van der Waals surface area (Å²) in [6.07, 6.45) is 18.5. The number of aliphatic imine (C=N–C) groups is 1. The number of carbonyl (C=O) groups is 2. The molecule has 1 aromatic heterocycles. The summed E-state index contributed by atoms with van der Waals surface area (Å²) < 4.78 is 23.4. The molecule has 0 fully saturated rings. The van der Waals surface area contributed by atoms with Gasteiger partial charge in [0.05, 0.1) is 20.0 Å². The van der Waals surface area contributed by atoms with Crippen LogP contribution >= 0.6 is 0 Å². The number of carbonyl (C=O) groups excluding carboxylic acids is 2. The molecule has 0 saturated carbocycles. The van der Waals surface area contributed by atoms with Crippen molar-refractivity contribution in [2.45, 2.75) is 78.2 Å². The normalized spacial score (nSPS) is 15.2. The Bertz CT molecular complexity index is 1310. The van der Waals surface area contributed by atoms with Crippen molar-refractivity contribution in [2.75, 3.05) is 13.7 Å². The molecule has 0 aliphatic rings. The highest BCUT2D eigenvalue weighted by Crippen LogP contribution is 2.30. The molecule has 0 bridgehead atoms. The van der Waals surface area contributed by atoms with Crippen LogP contribution in [0.25, 0.3) is 12.2 Å². The second-order valence-electron chi connectivity index (χ2n) is 9.52. The molecule has 1 rings (SSSR count). The van der Waals surface area contributed by atoms with Crippen molar-refractivity contribution in [3.05, 3.63) is 77.3 Å². The molecule has 0 aliphatic heterocycles. The maximum Gasteiger partial charge on any atom is 0.305 e. The van der Waals surface area contributed by atoms with E-state index >= 15 is 0 Å². The summed E-state index contributed by atoms with van der Waals surface area (Å²) in [5.41, 5.74) is 1.05. The van der Waals surface area contributed by atoms with Crippen LogP contribution in [-0.2, 0) is 24.8 Å². The summed E-state index contributed by atoms with van der Waals surface area (Å²) in [4.78, 5) is 40.0. The van der Waals surface area contributed by atoms with E-state index in [1.807, 2.05) is 58.1 Å². The molecule has 1 amide bonds. The van der Waals surface area contributed by atoms with E-state index in [-0.39, 0.29) is 18.9 Å². The molecule has 43 heavy (non-hydrogen) atoms. The first-order chi connectivity index (χ1) is 20.8. The van der Waals surface area contributed by atoms with E-state index < -0.39 is 5.60 Å². The Balaban J connectivity index is 3.34. The first-order valence-electron chi connectivity index (χ1n) is 14.3. The summed E-state index contributed by atoms with van der Waals surface area (Å²) in [5.74, 6) is 0.560. The maximum atomic E-state index is 12.7. The van der Waals surface area contributed by atoms with Gasteiger partial charge in [0, 0.05) is 31.7 Å². The van der Waals surface area contributed by atoms with Crippen molar-refractivity contribution in [2.24, 2.45) is 10.1 Å². The lowest BCUT2D eigenvalue weighted by atomic mass is 9.96. The van der Waals surface area contributed by atoms with Crippen molar-refractivity contribution in [3.63, 3.8) is 0 Å². The van der Waals surface area contributed by atoms with Gasteiger partial charge in [0.15, 0.2) is 0 Å². The Morgan fingerprint density at radius 2 is 1.95 bits per heavy atom. The van der Waals surface area contributed by atoms with E-state index in [9.17, 15) is 14.0 Å². The predicted molar refractivity (Wildman–Crippen MR) is 170 cm³/mol. The maximum absolute atomic E-state index is 12.7. The van der Waals surface area contributed by atoms with Gasteiger partial charge in [-0.05, 0) is 70.8 Å². The molecule has 0 radical (unpaired) electrons. The van der Waals surface area contributed by atoms with Gasteiger partial charge in [-0.25, -0.2) is 9.37 Å². The molecule has 1 heterocycles. The highest BCUT2D eigenvalue weighted by molar-refractivity contribution is 5.93. The highest BCUT2D eigenvalue weighted by atomic mass is 19.1. The Morgan fingerprint density at radius 3 is 2.51 bits per heavy atom. The fourth-order valence-electron chi connectivity index (χ4n) is 4.07. The van der Waals surface area contributed by atoms with E-state index in [0.717, 1.165) is 17.3 Å². The molecule has 9 nitrogen and oxygen atoms in total. The zero-order valence-electron chi connectivity index (χ0n) is 26.1. The third-order valence-electron chi connectivity index (χ3n) is 6.49. The van der Waals surface area contributed by atoms with Crippen LogP contribution < -0.4 is 10.8 Å². The summed E-state index contributed by atoms with van der Waals surface area (Å²) in [6, 6.07) is 0. The van der Waals surface area contributed by atoms with Gasteiger partial charge in [-0.2, -0.15) is 0 Å². The number of nitrogens with zero attached hydrogens (tertiary/aromatic N) is 4. The SMILES string of the molecule is C=C/C(=C\C=C\F)N(C=O)C(CCCCC(=O)OC)=NC/C=C(\C=C/CC)CCC(C)(ON=C)c1nc(=C/C)/c(=C\C)o1. The van der Waals surface area contributed by atoms with Gasteiger partial charge in [0.25, 0.3) is 0 Å². The summed E-state index contributed by atoms with van der Waals surface area (Å²) in [6.45, 7) is 15.2. The standard InChI is InChI=1S/C33H45FN4O5/c1-8-12-16-26(20-22-33(5,43-35-6)32-37-28(10-3)29(11-4)42-32)21-24-36-30(18-13-14-19-31(40)41-7)38(25-39)27(9-2)17-15-23-34/h9-12,15-17,21,23,25H,2,6,8,13-14,18-20,22,24H2,1,3-5,7H3/b16-12-,23-15+,26-21+,27-17+,28-10+,29-11+,36-30?. The zero-order chi connectivity index (χ0) is 32.1. The number of unbranched alkanes of at least 4 members (excludes halogenated alkanes) is 1. The van der Waals surface area contributed by atoms with Gasteiger partial charge in [0.1, 0.15) is 16.6 Å². The van der Waals surface area contributed by atoms with E-state index in [1.165, 1.54) is 30.2 Å². The number of aromatic nitrogens is 1. The molecule has 10 heteroatoms. The monoisotopic (exact) mass is 596 g/mol. The number of halogens is 1. The first kappa shape index (κ1) is 36.7. The molecule has 0 spiro atoms. The lowest BCUT2D eigenvalue weighted by Crippen LogP contribution is -2.28. The second kappa shape index (κ2) is 20.5. The topological polar surface area (TPSA) is 107 Å². The summed E-state index contributed by atoms with van der Waals surface area (Å²) >= 11 is 0. The van der Waals surface area contributed by atoms with E-state index in [4.69, 9.17) is 19.0 Å². The van der Waals surface area contributed by atoms with Crippen LogP contribution in [0.4, 0.5) is 4.39 Å². The van der Waals surface area contributed by atoms with Crippen molar-refractivity contribution in [1.29, 1.82) is 0 Å². The van der Waals surface area contributed by atoms with Gasteiger partial charge in [-0.15, -0.1) is 5.16 Å². The average molecular weight is 597 g/mol. The Kier molecular flexibility index (Phi) is 17.5. The van der Waals surface area contributed by atoms with Gasteiger partial charge in [-0.3, -0.25) is 19.5 Å². The number of oxime groups is 1. The molecular formula is C33H45FN4O5. The van der Waals surface area contributed by atoms with Crippen LogP contribution in [0.15, 0.2) is 75.2 Å². The highest BCUT2D eigenvalue weighted by Gasteiger charge is 2.34.